The van der Waals surface area contributed by atoms with Crippen LogP contribution < -0.4 is 4.90 Å². The lowest BCUT2D eigenvalue weighted by Gasteiger charge is -2.22. The Hall–Kier alpha value is -2.51. The molecule has 4 nitrogen and oxygen atoms in total. The number of nitrogens with zero attached hydrogens (tertiary/aromatic N) is 1. The van der Waals surface area contributed by atoms with Crippen molar-refractivity contribution in [2.75, 3.05) is 4.90 Å². The lowest BCUT2D eigenvalue weighted by atomic mass is 10.1. The maximum absolute atomic E-state index is 13.3. The van der Waals surface area contributed by atoms with Gasteiger partial charge in [-0.1, -0.05) is 6.07 Å². The Balaban J connectivity index is 1.93. The molecule has 0 radical (unpaired) electrons. The van der Waals surface area contributed by atoms with E-state index >= 15 is 0 Å². The maximum Gasteiger partial charge on any atom is 0.258 e. The average Bonchev–Trinajstić information content (AvgIpc) is 3.20. The minimum absolute atomic E-state index is 0.186. The van der Waals surface area contributed by atoms with Crippen LogP contribution in [0.5, 0.6) is 0 Å². The summed E-state index contributed by atoms with van der Waals surface area (Å²) in [6.07, 6.45) is 0. The number of amides is 1. The fourth-order valence-corrected chi connectivity index (χ4v) is 4.43. The Bertz CT molecular complexity index is 1040. The molecule has 0 aliphatic carbocycles. The summed E-state index contributed by atoms with van der Waals surface area (Å²) in [5, 5.41) is 1.39. The summed E-state index contributed by atoms with van der Waals surface area (Å²) in [7, 11) is -3.40. The third-order valence-corrected chi connectivity index (χ3v) is 7.36. The van der Waals surface area contributed by atoms with Gasteiger partial charge in [-0.2, -0.15) is 0 Å². The smallest absolute Gasteiger partial charge is 0.258 e. The number of hydrogen-bond acceptors (Lipinski definition) is 4. The van der Waals surface area contributed by atoms with Gasteiger partial charge in [0.15, 0.2) is 9.84 Å². The SMILES string of the molecule is CC(C)S(=O)(=O)c1ccc(C(=O)N(Cc2cccs2)c2ccc(F)cc2)cc1. The number of sulfone groups is 1. The van der Waals surface area contributed by atoms with Crippen LogP contribution in [0.25, 0.3) is 0 Å². The molecule has 0 N–H and O–H groups in total. The third kappa shape index (κ3) is 4.31. The number of anilines is 1. The van der Waals surface area contributed by atoms with Gasteiger partial charge in [0.1, 0.15) is 5.82 Å². The number of carbonyl (C=O) groups excluding carboxylic acids is 1. The largest absolute Gasteiger partial charge is 0.303 e. The second kappa shape index (κ2) is 8.24. The highest BCUT2D eigenvalue weighted by Gasteiger charge is 2.22. The van der Waals surface area contributed by atoms with Crippen LogP contribution in [0.15, 0.2) is 70.9 Å². The number of halogens is 1. The summed E-state index contributed by atoms with van der Waals surface area (Å²) in [6.45, 7) is 3.57. The van der Waals surface area contributed by atoms with Gasteiger partial charge in [-0.15, -0.1) is 11.3 Å². The molecule has 3 aromatic rings. The number of rotatable bonds is 6. The average molecular weight is 418 g/mol. The lowest BCUT2D eigenvalue weighted by molar-refractivity contribution is 0.0985. The maximum atomic E-state index is 13.3. The molecule has 146 valence electrons. The second-order valence-electron chi connectivity index (χ2n) is 6.57. The van der Waals surface area contributed by atoms with E-state index in [1.807, 2.05) is 17.5 Å². The van der Waals surface area contributed by atoms with E-state index in [2.05, 4.69) is 0 Å². The van der Waals surface area contributed by atoms with E-state index in [0.717, 1.165) is 4.88 Å². The van der Waals surface area contributed by atoms with E-state index in [1.165, 1.54) is 47.7 Å². The van der Waals surface area contributed by atoms with Crippen molar-refractivity contribution in [1.29, 1.82) is 0 Å². The molecular weight excluding hydrogens is 397 g/mol. The van der Waals surface area contributed by atoms with Gasteiger partial charge >= 0.3 is 0 Å². The van der Waals surface area contributed by atoms with Gasteiger partial charge in [0.2, 0.25) is 0 Å². The summed E-state index contributed by atoms with van der Waals surface area (Å²) in [6, 6.07) is 15.5. The van der Waals surface area contributed by atoms with Crippen molar-refractivity contribution < 1.29 is 17.6 Å². The van der Waals surface area contributed by atoms with Gasteiger partial charge in [-0.25, -0.2) is 12.8 Å². The fraction of sp³-hybridized carbons (Fsp3) is 0.190. The van der Waals surface area contributed by atoms with Crippen LogP contribution in [0, 0.1) is 5.82 Å². The van der Waals surface area contributed by atoms with E-state index in [0.29, 0.717) is 17.8 Å². The molecule has 0 saturated carbocycles. The molecule has 0 bridgehead atoms. The minimum atomic E-state index is -3.40. The van der Waals surface area contributed by atoms with Gasteiger partial charge in [0, 0.05) is 16.1 Å². The van der Waals surface area contributed by atoms with Crippen molar-refractivity contribution in [2.45, 2.75) is 30.5 Å². The van der Waals surface area contributed by atoms with Gasteiger partial charge in [0.25, 0.3) is 5.91 Å². The first-order valence-electron chi connectivity index (χ1n) is 8.73. The molecule has 0 aliphatic heterocycles. The zero-order valence-corrected chi connectivity index (χ0v) is 17.1. The summed E-state index contributed by atoms with van der Waals surface area (Å²) < 4.78 is 37.9. The van der Waals surface area contributed by atoms with Gasteiger partial charge in [0.05, 0.1) is 16.7 Å². The number of hydrogen-bond donors (Lipinski definition) is 0. The summed E-state index contributed by atoms with van der Waals surface area (Å²) in [5.74, 6) is -0.663. The van der Waals surface area contributed by atoms with Crippen molar-refractivity contribution >= 4 is 32.8 Å². The molecule has 28 heavy (non-hydrogen) atoms. The van der Waals surface area contributed by atoms with Crippen LogP contribution in [0.4, 0.5) is 10.1 Å². The third-order valence-electron chi connectivity index (χ3n) is 4.33. The van der Waals surface area contributed by atoms with Crippen LogP contribution in [0.1, 0.15) is 29.1 Å². The first-order chi connectivity index (χ1) is 13.3. The number of carbonyl (C=O) groups is 1. The van der Waals surface area contributed by atoms with Crippen LogP contribution in [-0.4, -0.2) is 19.6 Å². The molecule has 0 aliphatic rings. The Morgan fingerprint density at radius 1 is 1.04 bits per heavy atom. The normalized spacial score (nSPS) is 11.6. The molecule has 3 rings (SSSR count). The van der Waals surface area contributed by atoms with E-state index in [9.17, 15) is 17.6 Å². The molecule has 0 atom stereocenters. The molecule has 2 aromatic carbocycles. The van der Waals surface area contributed by atoms with E-state index in [4.69, 9.17) is 0 Å². The summed E-state index contributed by atoms with van der Waals surface area (Å²) >= 11 is 1.52. The molecule has 0 unspecified atom stereocenters. The minimum Gasteiger partial charge on any atom is -0.303 e. The number of thiophene rings is 1. The molecule has 0 fully saturated rings. The van der Waals surface area contributed by atoms with Crippen LogP contribution in [0.3, 0.4) is 0 Å². The highest BCUT2D eigenvalue weighted by molar-refractivity contribution is 7.92. The first kappa shape index (κ1) is 20.2. The highest BCUT2D eigenvalue weighted by atomic mass is 32.2. The predicted molar refractivity (Wildman–Crippen MR) is 110 cm³/mol. The molecular formula is C21H20FNO3S2. The second-order valence-corrected chi connectivity index (χ2v) is 10.1. The summed E-state index contributed by atoms with van der Waals surface area (Å²) in [5.41, 5.74) is 0.933. The van der Waals surface area contributed by atoms with Crippen molar-refractivity contribution in [3.8, 4) is 0 Å². The zero-order chi connectivity index (χ0) is 20.3. The number of benzene rings is 2. The van der Waals surface area contributed by atoms with Crippen LogP contribution in [-0.2, 0) is 16.4 Å². The Kier molecular flexibility index (Phi) is 5.96. The molecule has 0 spiro atoms. The molecule has 1 amide bonds. The standard InChI is InChI=1S/C21H20FNO3S2/c1-15(2)28(25,26)20-11-5-16(6-12-20)21(24)23(14-19-4-3-13-27-19)18-9-7-17(22)8-10-18/h3-13,15H,14H2,1-2H3. The van der Waals surface area contributed by atoms with Crippen molar-refractivity contribution in [2.24, 2.45) is 0 Å². The molecule has 1 heterocycles. The quantitative estimate of drug-likeness (QED) is 0.572. The Morgan fingerprint density at radius 2 is 1.68 bits per heavy atom. The van der Waals surface area contributed by atoms with Gasteiger partial charge < -0.3 is 4.90 Å². The van der Waals surface area contributed by atoms with E-state index in [1.54, 1.807) is 30.9 Å². The fourth-order valence-electron chi connectivity index (χ4n) is 2.67. The van der Waals surface area contributed by atoms with Crippen LogP contribution in [0.2, 0.25) is 0 Å². The highest BCUT2D eigenvalue weighted by Crippen LogP contribution is 2.24. The summed E-state index contributed by atoms with van der Waals surface area (Å²) in [4.78, 5) is 15.9. The van der Waals surface area contributed by atoms with E-state index in [-0.39, 0.29) is 16.6 Å². The van der Waals surface area contributed by atoms with Crippen molar-refractivity contribution in [3.63, 3.8) is 0 Å². The Morgan fingerprint density at radius 3 is 2.21 bits per heavy atom. The monoisotopic (exact) mass is 417 g/mol. The van der Waals surface area contributed by atoms with Crippen LogP contribution >= 0.6 is 11.3 Å². The predicted octanol–water partition coefficient (Wildman–Crippen LogP) is 4.92. The van der Waals surface area contributed by atoms with E-state index < -0.39 is 15.1 Å². The van der Waals surface area contributed by atoms with Crippen molar-refractivity contribution in [1.82, 2.24) is 0 Å². The molecule has 7 heteroatoms. The topological polar surface area (TPSA) is 54.5 Å². The van der Waals surface area contributed by atoms with Crippen molar-refractivity contribution in [3.05, 3.63) is 82.3 Å². The van der Waals surface area contributed by atoms with Gasteiger partial charge in [-0.05, 0) is 73.8 Å². The lowest BCUT2D eigenvalue weighted by Crippen LogP contribution is -2.30. The zero-order valence-electron chi connectivity index (χ0n) is 15.5. The molecule has 1 aromatic heterocycles. The molecule has 0 saturated heterocycles. The Labute approximate surface area is 168 Å². The first-order valence-corrected chi connectivity index (χ1v) is 11.2. The van der Waals surface area contributed by atoms with Gasteiger partial charge in [-0.3, -0.25) is 4.79 Å².